The molecule has 1 aliphatic rings. The van der Waals surface area contributed by atoms with Gasteiger partial charge in [-0.25, -0.2) is 0 Å². The van der Waals surface area contributed by atoms with E-state index in [1.165, 1.54) is 19.3 Å². The summed E-state index contributed by atoms with van der Waals surface area (Å²) in [5.41, 5.74) is 5.51. The van der Waals surface area contributed by atoms with Crippen molar-refractivity contribution in [2.75, 3.05) is 7.05 Å². The van der Waals surface area contributed by atoms with Crippen molar-refractivity contribution in [2.45, 2.75) is 32.2 Å². The quantitative estimate of drug-likeness (QED) is 0.638. The molecule has 0 heterocycles. The summed E-state index contributed by atoms with van der Waals surface area (Å²) < 4.78 is 0. The second-order valence-electron chi connectivity index (χ2n) is 3.38. The molecule has 0 bridgehead atoms. The first-order valence-corrected chi connectivity index (χ1v) is 4.56. The van der Waals surface area contributed by atoms with Crippen LogP contribution in [-0.2, 0) is 0 Å². The Morgan fingerprint density at radius 1 is 1.64 bits per heavy atom. The first kappa shape index (κ1) is 8.78. The summed E-state index contributed by atoms with van der Waals surface area (Å²) in [5, 5.41) is 0.518. The van der Waals surface area contributed by atoms with Gasteiger partial charge in [-0.3, -0.25) is 0 Å². The van der Waals surface area contributed by atoms with Gasteiger partial charge in [0.05, 0.1) is 0 Å². The molecule has 0 radical (unpaired) electrons. The Balaban J connectivity index is 2.38. The predicted octanol–water partition coefficient (Wildman–Crippen LogP) is 1.35. The summed E-state index contributed by atoms with van der Waals surface area (Å²) in [5.74, 6) is 0.821. The van der Waals surface area contributed by atoms with E-state index in [1.54, 1.807) is 0 Å². The first-order chi connectivity index (χ1) is 5.13. The zero-order valence-electron chi connectivity index (χ0n) is 7.21. The molecule has 0 aromatic rings. The third-order valence-corrected chi connectivity index (χ3v) is 3.08. The van der Waals surface area contributed by atoms with Crippen LogP contribution in [-0.4, -0.2) is 23.1 Å². The molecular weight excluding hydrogens is 156 g/mol. The summed E-state index contributed by atoms with van der Waals surface area (Å²) in [6.07, 6.45) is 4.06. The predicted molar refractivity (Wildman–Crippen MR) is 51.4 cm³/mol. The Morgan fingerprint density at radius 2 is 2.18 bits per heavy atom. The van der Waals surface area contributed by atoms with Gasteiger partial charge < -0.3 is 10.6 Å². The van der Waals surface area contributed by atoms with Crippen LogP contribution in [0.1, 0.15) is 26.2 Å². The van der Waals surface area contributed by atoms with Crippen molar-refractivity contribution in [2.24, 2.45) is 11.7 Å². The van der Waals surface area contributed by atoms with Crippen LogP contribution in [0.25, 0.3) is 0 Å². The van der Waals surface area contributed by atoms with E-state index < -0.39 is 0 Å². The van der Waals surface area contributed by atoms with Crippen molar-refractivity contribution in [3.05, 3.63) is 0 Å². The largest absolute Gasteiger partial charge is 0.376 e. The second kappa shape index (κ2) is 3.39. The molecule has 0 aromatic heterocycles. The van der Waals surface area contributed by atoms with Crippen molar-refractivity contribution in [3.63, 3.8) is 0 Å². The standard InChI is InChI=1S/C8H16N2S/c1-6(7-4-3-5-7)10(2)8(9)11/h6-7H,3-5H2,1-2H3,(H2,9,11). The lowest BCUT2D eigenvalue weighted by molar-refractivity contribution is 0.186. The lowest BCUT2D eigenvalue weighted by atomic mass is 9.80. The van der Waals surface area contributed by atoms with Crippen molar-refractivity contribution in [1.29, 1.82) is 0 Å². The molecule has 0 saturated heterocycles. The molecule has 1 unspecified atom stereocenters. The van der Waals surface area contributed by atoms with E-state index in [0.717, 1.165) is 5.92 Å². The molecule has 2 nitrogen and oxygen atoms in total. The average Bonchev–Trinajstić information content (AvgIpc) is 1.82. The van der Waals surface area contributed by atoms with Crippen LogP contribution in [0, 0.1) is 5.92 Å². The molecule has 0 aliphatic heterocycles. The minimum absolute atomic E-state index is 0.518. The molecule has 64 valence electrons. The van der Waals surface area contributed by atoms with E-state index in [0.29, 0.717) is 11.2 Å². The molecule has 1 atom stereocenters. The molecule has 11 heavy (non-hydrogen) atoms. The lowest BCUT2D eigenvalue weighted by Crippen LogP contribution is -2.44. The summed E-state index contributed by atoms with van der Waals surface area (Å²) in [7, 11) is 1.98. The number of rotatable bonds is 2. The molecule has 0 amide bonds. The highest BCUT2D eigenvalue weighted by molar-refractivity contribution is 7.80. The normalized spacial score (nSPS) is 20.5. The van der Waals surface area contributed by atoms with Crippen LogP contribution in [0.15, 0.2) is 0 Å². The minimum Gasteiger partial charge on any atom is -0.376 e. The van der Waals surface area contributed by atoms with Gasteiger partial charge >= 0.3 is 0 Å². The highest BCUT2D eigenvalue weighted by atomic mass is 32.1. The summed E-state index contributed by atoms with van der Waals surface area (Å²) in [6.45, 7) is 2.20. The average molecular weight is 172 g/mol. The van der Waals surface area contributed by atoms with Crippen molar-refractivity contribution in [3.8, 4) is 0 Å². The maximum atomic E-state index is 5.51. The van der Waals surface area contributed by atoms with Crippen LogP contribution in [0.2, 0.25) is 0 Å². The monoisotopic (exact) mass is 172 g/mol. The van der Waals surface area contributed by atoms with Crippen molar-refractivity contribution < 1.29 is 0 Å². The van der Waals surface area contributed by atoms with Gasteiger partial charge in [-0.2, -0.15) is 0 Å². The van der Waals surface area contributed by atoms with E-state index in [9.17, 15) is 0 Å². The zero-order valence-corrected chi connectivity index (χ0v) is 8.03. The van der Waals surface area contributed by atoms with E-state index in [-0.39, 0.29) is 0 Å². The van der Waals surface area contributed by atoms with Gasteiger partial charge in [0.25, 0.3) is 0 Å². The second-order valence-corrected chi connectivity index (χ2v) is 3.80. The van der Waals surface area contributed by atoms with Gasteiger partial charge in [0.15, 0.2) is 5.11 Å². The molecule has 3 heteroatoms. The molecule has 1 saturated carbocycles. The van der Waals surface area contributed by atoms with Crippen LogP contribution >= 0.6 is 12.2 Å². The lowest BCUT2D eigenvalue weighted by Gasteiger charge is -2.37. The van der Waals surface area contributed by atoms with E-state index in [1.807, 2.05) is 11.9 Å². The molecule has 1 aliphatic carbocycles. The Bertz CT molecular complexity index is 154. The fraction of sp³-hybridized carbons (Fsp3) is 0.875. The van der Waals surface area contributed by atoms with E-state index in [2.05, 4.69) is 6.92 Å². The van der Waals surface area contributed by atoms with Gasteiger partial charge in [-0.15, -0.1) is 0 Å². The first-order valence-electron chi connectivity index (χ1n) is 4.15. The van der Waals surface area contributed by atoms with Crippen molar-refractivity contribution in [1.82, 2.24) is 4.90 Å². The maximum absolute atomic E-state index is 5.51. The van der Waals surface area contributed by atoms with Crippen LogP contribution in [0.5, 0.6) is 0 Å². The number of nitrogens with zero attached hydrogens (tertiary/aromatic N) is 1. The molecule has 1 rings (SSSR count). The third-order valence-electron chi connectivity index (χ3n) is 2.79. The number of nitrogens with two attached hydrogens (primary N) is 1. The van der Waals surface area contributed by atoms with Gasteiger partial charge in [0.1, 0.15) is 0 Å². The Labute approximate surface area is 73.7 Å². The topological polar surface area (TPSA) is 29.3 Å². The molecule has 2 N–H and O–H groups in total. The van der Waals surface area contributed by atoms with E-state index >= 15 is 0 Å². The smallest absolute Gasteiger partial charge is 0.166 e. The van der Waals surface area contributed by atoms with E-state index in [4.69, 9.17) is 18.0 Å². The number of thiocarbonyl (C=S) groups is 1. The number of hydrogen-bond donors (Lipinski definition) is 1. The summed E-state index contributed by atoms with van der Waals surface area (Å²) in [4.78, 5) is 2.00. The fourth-order valence-electron chi connectivity index (χ4n) is 1.44. The fourth-order valence-corrected chi connectivity index (χ4v) is 1.61. The van der Waals surface area contributed by atoms with Gasteiger partial charge in [-0.1, -0.05) is 6.42 Å². The van der Waals surface area contributed by atoms with Crippen LogP contribution < -0.4 is 5.73 Å². The summed E-state index contributed by atoms with van der Waals surface area (Å²) >= 11 is 4.89. The SMILES string of the molecule is CC(C1CCC1)N(C)C(N)=S. The summed E-state index contributed by atoms with van der Waals surface area (Å²) in [6, 6.07) is 0.529. The highest BCUT2D eigenvalue weighted by Gasteiger charge is 2.26. The Kier molecular flexibility index (Phi) is 2.71. The highest BCUT2D eigenvalue weighted by Crippen LogP contribution is 2.31. The third kappa shape index (κ3) is 1.83. The van der Waals surface area contributed by atoms with Crippen molar-refractivity contribution >= 4 is 17.3 Å². The number of hydrogen-bond acceptors (Lipinski definition) is 1. The Morgan fingerprint density at radius 3 is 2.45 bits per heavy atom. The van der Waals surface area contributed by atoms with Crippen LogP contribution in [0.4, 0.5) is 0 Å². The minimum atomic E-state index is 0.518. The molecular formula is C8H16N2S. The van der Waals surface area contributed by atoms with Gasteiger partial charge in [-0.05, 0) is 37.9 Å². The molecule has 0 aromatic carbocycles. The molecule has 0 spiro atoms. The Hall–Kier alpha value is -0.310. The maximum Gasteiger partial charge on any atom is 0.166 e. The molecule has 1 fully saturated rings. The van der Waals surface area contributed by atoms with Gasteiger partial charge in [0.2, 0.25) is 0 Å². The van der Waals surface area contributed by atoms with Crippen LogP contribution in [0.3, 0.4) is 0 Å². The zero-order chi connectivity index (χ0) is 8.43. The van der Waals surface area contributed by atoms with Gasteiger partial charge in [0, 0.05) is 13.1 Å².